The summed E-state index contributed by atoms with van der Waals surface area (Å²) < 4.78 is 0. The van der Waals surface area contributed by atoms with Crippen molar-refractivity contribution in [3.63, 3.8) is 0 Å². The van der Waals surface area contributed by atoms with Crippen LogP contribution in [0.2, 0.25) is 0 Å². The van der Waals surface area contributed by atoms with Crippen molar-refractivity contribution >= 4 is 12.6 Å². The van der Waals surface area contributed by atoms with Gasteiger partial charge in [0.1, 0.15) is 0 Å². The normalized spacial score (nSPS) is 8.43. The molecular formula is C6H11S. The highest BCUT2D eigenvalue weighted by Crippen LogP contribution is 1.92. The Morgan fingerprint density at radius 2 is 2.14 bits per heavy atom. The number of rotatable bonds is 2. The number of allylic oxidation sites excluding steroid dienone is 2. The van der Waals surface area contributed by atoms with Crippen molar-refractivity contribution in [3.8, 4) is 0 Å². The molecule has 0 aliphatic carbocycles. The van der Waals surface area contributed by atoms with E-state index in [2.05, 4.69) is 19.9 Å². The van der Waals surface area contributed by atoms with Crippen LogP contribution in [-0.2, 0) is 0 Å². The molecule has 0 saturated carbocycles. The smallest absolute Gasteiger partial charge is 0.00716 e. The van der Waals surface area contributed by atoms with Crippen molar-refractivity contribution in [2.24, 2.45) is 0 Å². The molecule has 0 amide bonds. The minimum Gasteiger partial charge on any atom is -0.0938 e. The predicted octanol–water partition coefficient (Wildman–Crippen LogP) is 2.54. The lowest BCUT2D eigenvalue weighted by atomic mass is 10.3. The molecule has 0 nitrogen and oxygen atoms in total. The zero-order valence-electron chi connectivity index (χ0n) is 4.90. The van der Waals surface area contributed by atoms with Crippen LogP contribution in [-0.4, -0.2) is 5.75 Å². The summed E-state index contributed by atoms with van der Waals surface area (Å²) in [5.74, 6) is 0.852. The third kappa shape index (κ3) is 6.09. The maximum atomic E-state index is 4.73. The zero-order valence-corrected chi connectivity index (χ0v) is 5.72. The average molecular weight is 115 g/mol. The summed E-state index contributed by atoms with van der Waals surface area (Å²) in [5, 5.41) is 0. The maximum absolute atomic E-state index is 4.73. The van der Waals surface area contributed by atoms with Crippen LogP contribution in [0.5, 0.6) is 0 Å². The highest BCUT2D eigenvalue weighted by atomic mass is 32.1. The number of hydrogen-bond acceptors (Lipinski definition) is 0. The quantitative estimate of drug-likeness (QED) is 0.485. The highest BCUT2D eigenvalue weighted by Gasteiger charge is 1.74. The fraction of sp³-hybridized carbons (Fsp3) is 0.667. The molecule has 1 heteroatoms. The van der Waals surface area contributed by atoms with Gasteiger partial charge in [0.15, 0.2) is 0 Å². The van der Waals surface area contributed by atoms with Gasteiger partial charge in [-0.3, -0.25) is 0 Å². The third-order valence-electron chi connectivity index (χ3n) is 0.670. The Bertz CT molecular complexity index is 60.6. The van der Waals surface area contributed by atoms with Crippen LogP contribution >= 0.6 is 12.6 Å². The van der Waals surface area contributed by atoms with E-state index in [1.165, 1.54) is 5.57 Å². The Kier molecular flexibility index (Phi) is 4.31. The minimum atomic E-state index is 0.852. The molecular weight excluding hydrogens is 104 g/mol. The van der Waals surface area contributed by atoms with Gasteiger partial charge < -0.3 is 0 Å². The van der Waals surface area contributed by atoms with Gasteiger partial charge in [0, 0.05) is 5.75 Å². The first-order chi connectivity index (χ1) is 3.27. The number of hydrogen-bond donors (Lipinski definition) is 0. The van der Waals surface area contributed by atoms with E-state index < -0.39 is 0 Å². The van der Waals surface area contributed by atoms with E-state index in [0.717, 1.165) is 12.2 Å². The lowest BCUT2D eigenvalue weighted by molar-refractivity contribution is 1.20. The van der Waals surface area contributed by atoms with Crippen LogP contribution in [0.25, 0.3) is 0 Å². The fourth-order valence-electron chi connectivity index (χ4n) is 0.348. The molecule has 1 radical (unpaired) electrons. The van der Waals surface area contributed by atoms with Gasteiger partial charge in [-0.15, -0.1) is 0 Å². The maximum Gasteiger partial charge on any atom is 0.00716 e. The molecule has 0 unspecified atom stereocenters. The standard InChI is InChI=1S/C6H11S/c1-6(2)4-3-5-7/h4H,3,5H2,1-2H3. The second-order valence-corrected chi connectivity index (χ2v) is 2.18. The van der Waals surface area contributed by atoms with E-state index in [9.17, 15) is 0 Å². The molecule has 0 bridgehead atoms. The molecule has 0 spiro atoms. The molecule has 0 aromatic carbocycles. The Hall–Kier alpha value is 0.0900. The third-order valence-corrected chi connectivity index (χ3v) is 0.906. The molecule has 7 heavy (non-hydrogen) atoms. The lowest BCUT2D eigenvalue weighted by Crippen LogP contribution is -1.68. The van der Waals surface area contributed by atoms with Crippen molar-refractivity contribution in [1.82, 2.24) is 0 Å². The summed E-state index contributed by atoms with van der Waals surface area (Å²) in [6.07, 6.45) is 3.21. The van der Waals surface area contributed by atoms with Gasteiger partial charge in [0.25, 0.3) is 0 Å². The summed E-state index contributed by atoms with van der Waals surface area (Å²) in [6.45, 7) is 4.18. The molecule has 0 aliphatic rings. The molecule has 0 heterocycles. The van der Waals surface area contributed by atoms with Gasteiger partial charge >= 0.3 is 0 Å². The van der Waals surface area contributed by atoms with Gasteiger partial charge in [-0.25, -0.2) is 0 Å². The van der Waals surface area contributed by atoms with Gasteiger partial charge in [0.2, 0.25) is 0 Å². The molecule has 0 saturated heterocycles. The Labute approximate surface area is 51.0 Å². The molecule has 0 aromatic rings. The molecule has 0 aliphatic heterocycles. The van der Waals surface area contributed by atoms with Crippen molar-refractivity contribution in [2.45, 2.75) is 20.3 Å². The average Bonchev–Trinajstić information content (AvgIpc) is 1.61. The van der Waals surface area contributed by atoms with Gasteiger partial charge in [-0.1, -0.05) is 24.3 Å². The van der Waals surface area contributed by atoms with Crippen LogP contribution in [0.1, 0.15) is 20.3 Å². The molecule has 0 N–H and O–H groups in total. The Morgan fingerprint density at radius 3 is 2.29 bits per heavy atom. The topological polar surface area (TPSA) is 0 Å². The van der Waals surface area contributed by atoms with E-state index in [-0.39, 0.29) is 0 Å². The largest absolute Gasteiger partial charge is 0.0938 e. The zero-order chi connectivity index (χ0) is 5.70. The van der Waals surface area contributed by atoms with Crippen molar-refractivity contribution in [1.29, 1.82) is 0 Å². The van der Waals surface area contributed by atoms with Crippen LogP contribution < -0.4 is 0 Å². The Balaban J connectivity index is 3.08. The monoisotopic (exact) mass is 115 g/mol. The SMILES string of the molecule is CC(C)=CCC[S]. The van der Waals surface area contributed by atoms with E-state index in [1.807, 2.05) is 0 Å². The Morgan fingerprint density at radius 1 is 1.57 bits per heavy atom. The van der Waals surface area contributed by atoms with Gasteiger partial charge in [-0.05, 0) is 20.3 Å². The molecule has 0 aromatic heterocycles. The summed E-state index contributed by atoms with van der Waals surface area (Å²) in [6, 6.07) is 0. The summed E-state index contributed by atoms with van der Waals surface area (Å²) in [4.78, 5) is 0. The molecule has 41 valence electrons. The first-order valence-electron chi connectivity index (χ1n) is 2.49. The van der Waals surface area contributed by atoms with Gasteiger partial charge in [0.05, 0.1) is 0 Å². The van der Waals surface area contributed by atoms with E-state index >= 15 is 0 Å². The first kappa shape index (κ1) is 7.09. The van der Waals surface area contributed by atoms with E-state index in [4.69, 9.17) is 12.6 Å². The van der Waals surface area contributed by atoms with Crippen LogP contribution in [0.15, 0.2) is 11.6 Å². The summed E-state index contributed by atoms with van der Waals surface area (Å²) >= 11 is 4.73. The van der Waals surface area contributed by atoms with E-state index in [0.29, 0.717) is 0 Å². The van der Waals surface area contributed by atoms with Crippen LogP contribution in [0.3, 0.4) is 0 Å². The molecule has 0 atom stereocenters. The van der Waals surface area contributed by atoms with E-state index in [1.54, 1.807) is 0 Å². The fourth-order valence-corrected chi connectivity index (χ4v) is 0.465. The van der Waals surface area contributed by atoms with Crippen LogP contribution in [0, 0.1) is 0 Å². The predicted molar refractivity (Wildman–Crippen MR) is 36.5 cm³/mol. The second-order valence-electron chi connectivity index (χ2n) is 1.77. The molecule has 0 rings (SSSR count). The minimum absolute atomic E-state index is 0.852. The van der Waals surface area contributed by atoms with Crippen LogP contribution in [0.4, 0.5) is 0 Å². The van der Waals surface area contributed by atoms with Crippen molar-refractivity contribution in [2.75, 3.05) is 5.75 Å². The van der Waals surface area contributed by atoms with Crippen molar-refractivity contribution in [3.05, 3.63) is 11.6 Å². The lowest BCUT2D eigenvalue weighted by Gasteiger charge is -1.84. The summed E-state index contributed by atoms with van der Waals surface area (Å²) in [5.41, 5.74) is 1.37. The van der Waals surface area contributed by atoms with Gasteiger partial charge in [-0.2, -0.15) is 0 Å². The van der Waals surface area contributed by atoms with Crippen molar-refractivity contribution < 1.29 is 0 Å². The highest BCUT2D eigenvalue weighted by molar-refractivity contribution is 7.80. The first-order valence-corrected chi connectivity index (χ1v) is 3.06. The molecule has 0 fully saturated rings. The second kappa shape index (κ2) is 4.25. The summed E-state index contributed by atoms with van der Waals surface area (Å²) in [7, 11) is 0.